The highest BCUT2D eigenvalue weighted by Crippen LogP contribution is 2.58. The number of anilines is 2. The average molecular weight is 575 g/mol. The van der Waals surface area contributed by atoms with Crippen molar-refractivity contribution in [3.63, 3.8) is 0 Å². The fraction of sp³-hybridized carbons (Fsp3) is 0.171. The number of nitrogens with zero attached hydrogens (tertiary/aromatic N) is 1. The molecule has 7 rings (SSSR count). The molecule has 3 aliphatic rings. The molecule has 0 saturated carbocycles. The highest BCUT2D eigenvalue weighted by molar-refractivity contribution is 6.30. The van der Waals surface area contributed by atoms with Crippen LogP contribution >= 0.6 is 11.6 Å². The number of para-hydroxylation sites is 1. The SMILES string of the molecule is COc1cccc(C(=O)[C@@H]2[C@H](C(=O)c3ccc(Cl)cc3)N3c4ccc(C)cc4C=C[C@@H]3[C@]23C(=O)Nc2ccccc23)c1. The molecular formula is C35H27ClN2O4. The second-order valence-electron chi connectivity index (χ2n) is 11.0. The molecule has 3 aliphatic heterocycles. The zero-order valence-corrected chi connectivity index (χ0v) is 23.8. The van der Waals surface area contributed by atoms with Gasteiger partial charge in [-0.05, 0) is 72.6 Å². The first-order chi connectivity index (χ1) is 20.3. The third-order valence-corrected chi connectivity index (χ3v) is 9.07. The molecule has 3 heterocycles. The number of methoxy groups -OCH3 is 1. The van der Waals surface area contributed by atoms with Crippen LogP contribution < -0.4 is 15.0 Å². The molecule has 1 fully saturated rings. The van der Waals surface area contributed by atoms with Crippen LogP contribution in [0.4, 0.5) is 11.4 Å². The number of carbonyl (C=O) groups is 3. The maximum atomic E-state index is 14.9. The summed E-state index contributed by atoms with van der Waals surface area (Å²) in [7, 11) is 1.54. The number of hydrogen-bond acceptors (Lipinski definition) is 5. The zero-order chi connectivity index (χ0) is 29.2. The number of Topliss-reactive ketones (excluding diaryl/α,β-unsaturated/α-hetero) is 2. The number of hydrogen-bond donors (Lipinski definition) is 1. The Hall–Kier alpha value is -4.68. The van der Waals surface area contributed by atoms with E-state index in [4.69, 9.17) is 16.3 Å². The van der Waals surface area contributed by atoms with Crippen LogP contribution in [0, 0.1) is 12.8 Å². The van der Waals surface area contributed by atoms with Crippen LogP contribution in [0.3, 0.4) is 0 Å². The molecule has 0 unspecified atom stereocenters. The van der Waals surface area contributed by atoms with Crippen LogP contribution in [0.1, 0.15) is 37.4 Å². The van der Waals surface area contributed by atoms with Gasteiger partial charge < -0.3 is 15.0 Å². The van der Waals surface area contributed by atoms with Crippen LogP contribution in [0.5, 0.6) is 5.75 Å². The largest absolute Gasteiger partial charge is 0.497 e. The van der Waals surface area contributed by atoms with E-state index in [0.29, 0.717) is 33.1 Å². The molecule has 7 heteroatoms. The highest BCUT2D eigenvalue weighted by atomic mass is 35.5. The molecule has 1 amide bonds. The molecular weight excluding hydrogens is 548 g/mol. The first-order valence-corrected chi connectivity index (χ1v) is 14.2. The minimum atomic E-state index is -1.37. The lowest BCUT2D eigenvalue weighted by molar-refractivity contribution is -0.121. The minimum absolute atomic E-state index is 0.256. The normalized spacial score (nSPS) is 23.3. The fourth-order valence-corrected chi connectivity index (χ4v) is 7.17. The van der Waals surface area contributed by atoms with E-state index >= 15 is 0 Å². The monoisotopic (exact) mass is 574 g/mol. The van der Waals surface area contributed by atoms with Gasteiger partial charge in [-0.2, -0.15) is 0 Å². The molecule has 6 nitrogen and oxygen atoms in total. The van der Waals surface area contributed by atoms with Gasteiger partial charge in [0.15, 0.2) is 11.6 Å². The summed E-state index contributed by atoms with van der Waals surface area (Å²) in [6.07, 6.45) is 3.98. The van der Waals surface area contributed by atoms with Crippen molar-refractivity contribution in [1.82, 2.24) is 0 Å². The van der Waals surface area contributed by atoms with Crippen molar-refractivity contribution < 1.29 is 19.1 Å². The third kappa shape index (κ3) is 3.68. The standard InChI is InChI=1S/C35H27ClN2O4/c1-20-10-16-28-22(18-20)13-17-29-35(26-8-3-4-9-27(26)37-34(35)41)30(32(39)23-6-5-7-25(19-23)42-2)31(38(28)29)33(40)21-11-14-24(36)15-12-21/h3-19,29-31H,1-2H3,(H,37,41)/t29-,30+,31-,35+/m1/s1. The summed E-state index contributed by atoms with van der Waals surface area (Å²) in [5.41, 5.74) is 3.57. The molecule has 42 heavy (non-hydrogen) atoms. The predicted octanol–water partition coefficient (Wildman–Crippen LogP) is 6.51. The zero-order valence-electron chi connectivity index (χ0n) is 23.0. The number of carbonyl (C=O) groups excluding carboxylic acids is 3. The molecule has 0 aliphatic carbocycles. The Bertz CT molecular complexity index is 1810. The summed E-state index contributed by atoms with van der Waals surface area (Å²) >= 11 is 6.18. The Morgan fingerprint density at radius 1 is 0.905 bits per heavy atom. The van der Waals surface area contributed by atoms with Crippen LogP contribution in [0.15, 0.2) is 97.1 Å². The van der Waals surface area contributed by atoms with Crippen molar-refractivity contribution in [2.75, 3.05) is 17.3 Å². The number of fused-ring (bicyclic) bond motifs is 6. The van der Waals surface area contributed by atoms with Crippen molar-refractivity contribution in [3.05, 3.63) is 130 Å². The summed E-state index contributed by atoms with van der Waals surface area (Å²) in [6.45, 7) is 2.01. The molecule has 1 N–H and O–H groups in total. The van der Waals surface area contributed by atoms with E-state index in [1.807, 2.05) is 60.4 Å². The van der Waals surface area contributed by atoms with Crippen molar-refractivity contribution in [3.8, 4) is 5.75 Å². The summed E-state index contributed by atoms with van der Waals surface area (Å²) in [5, 5.41) is 3.56. The van der Waals surface area contributed by atoms with E-state index in [-0.39, 0.29) is 17.5 Å². The maximum absolute atomic E-state index is 14.9. The van der Waals surface area contributed by atoms with E-state index in [9.17, 15) is 14.4 Å². The molecule has 1 spiro atoms. The predicted molar refractivity (Wildman–Crippen MR) is 164 cm³/mol. The van der Waals surface area contributed by atoms with Crippen LogP contribution in [-0.2, 0) is 10.2 Å². The van der Waals surface area contributed by atoms with Gasteiger partial charge in [-0.3, -0.25) is 14.4 Å². The summed E-state index contributed by atoms with van der Waals surface area (Å²) < 4.78 is 5.44. The smallest absolute Gasteiger partial charge is 0.238 e. The van der Waals surface area contributed by atoms with Gasteiger partial charge in [-0.15, -0.1) is 0 Å². The molecule has 4 aromatic carbocycles. The molecule has 208 valence electrons. The second kappa shape index (κ2) is 9.71. The molecule has 0 bridgehead atoms. The van der Waals surface area contributed by atoms with Crippen molar-refractivity contribution >= 4 is 46.5 Å². The second-order valence-corrected chi connectivity index (χ2v) is 11.5. The van der Waals surface area contributed by atoms with E-state index < -0.39 is 23.4 Å². The Balaban J connectivity index is 1.53. The number of ketones is 2. The lowest BCUT2D eigenvalue weighted by Gasteiger charge is -2.37. The van der Waals surface area contributed by atoms with Crippen molar-refractivity contribution in [1.29, 1.82) is 0 Å². The number of halogens is 1. The van der Waals surface area contributed by atoms with Crippen molar-refractivity contribution in [2.24, 2.45) is 5.92 Å². The van der Waals surface area contributed by atoms with Gasteiger partial charge in [0.05, 0.1) is 19.1 Å². The number of benzene rings is 4. The highest BCUT2D eigenvalue weighted by Gasteiger charge is 2.70. The molecule has 1 saturated heterocycles. The number of amides is 1. The van der Waals surface area contributed by atoms with E-state index in [1.165, 1.54) is 7.11 Å². The van der Waals surface area contributed by atoms with E-state index in [0.717, 1.165) is 16.8 Å². The number of nitrogens with one attached hydrogen (secondary N) is 1. The Labute approximate surface area is 248 Å². The quantitative estimate of drug-likeness (QED) is 0.275. The summed E-state index contributed by atoms with van der Waals surface area (Å²) in [5.74, 6) is -1.40. The number of ether oxygens (including phenoxy) is 1. The molecule has 4 aromatic rings. The Morgan fingerprint density at radius 3 is 2.48 bits per heavy atom. The topological polar surface area (TPSA) is 75.7 Å². The first-order valence-electron chi connectivity index (χ1n) is 13.8. The average Bonchev–Trinajstić information content (AvgIpc) is 3.49. The minimum Gasteiger partial charge on any atom is -0.497 e. The van der Waals surface area contributed by atoms with E-state index in [1.54, 1.807) is 48.5 Å². The van der Waals surface area contributed by atoms with Gasteiger partial charge in [0.1, 0.15) is 17.2 Å². The summed E-state index contributed by atoms with van der Waals surface area (Å²) in [6, 6.07) is 25.5. The fourth-order valence-electron chi connectivity index (χ4n) is 7.04. The summed E-state index contributed by atoms with van der Waals surface area (Å²) in [4.78, 5) is 46.0. The maximum Gasteiger partial charge on any atom is 0.238 e. The number of rotatable bonds is 5. The first kappa shape index (κ1) is 26.2. The van der Waals surface area contributed by atoms with Crippen LogP contribution in [-0.4, -0.2) is 36.7 Å². The lowest BCUT2D eigenvalue weighted by Crippen LogP contribution is -2.51. The third-order valence-electron chi connectivity index (χ3n) is 8.82. The van der Waals surface area contributed by atoms with Crippen LogP contribution in [0.2, 0.25) is 5.02 Å². The lowest BCUT2D eigenvalue weighted by atomic mass is 9.64. The van der Waals surface area contributed by atoms with Gasteiger partial charge in [0, 0.05) is 27.5 Å². The van der Waals surface area contributed by atoms with Crippen LogP contribution in [0.25, 0.3) is 6.08 Å². The van der Waals surface area contributed by atoms with Gasteiger partial charge in [0.2, 0.25) is 5.91 Å². The Kier molecular flexibility index (Phi) is 6.06. The van der Waals surface area contributed by atoms with Gasteiger partial charge >= 0.3 is 0 Å². The Morgan fingerprint density at radius 2 is 1.69 bits per heavy atom. The van der Waals surface area contributed by atoms with Gasteiger partial charge in [-0.25, -0.2) is 0 Å². The van der Waals surface area contributed by atoms with E-state index in [2.05, 4.69) is 11.4 Å². The van der Waals surface area contributed by atoms with Gasteiger partial charge in [0.25, 0.3) is 0 Å². The van der Waals surface area contributed by atoms with Crippen molar-refractivity contribution in [2.45, 2.75) is 24.4 Å². The molecule has 0 radical (unpaired) electrons. The van der Waals surface area contributed by atoms with Gasteiger partial charge in [-0.1, -0.05) is 65.7 Å². The molecule has 4 atom stereocenters. The molecule has 0 aromatic heterocycles. The number of aryl methyl sites for hydroxylation is 1.